The molecule has 0 saturated carbocycles. The van der Waals surface area contributed by atoms with E-state index in [0.717, 1.165) is 26.4 Å². The number of nitrogens with zero attached hydrogens (tertiary/aromatic N) is 4. The fraction of sp³-hybridized carbons (Fsp3) is 0.300. The van der Waals surface area contributed by atoms with Crippen molar-refractivity contribution in [2.24, 2.45) is 0 Å². The largest absolute Gasteiger partial charge is 0.409 e. The monoisotopic (exact) mass is 414 g/mol. The summed E-state index contributed by atoms with van der Waals surface area (Å²) in [4.78, 5) is 20.8. The molecule has 10 heteroatoms. The molecule has 3 heterocycles. The van der Waals surface area contributed by atoms with Crippen LogP contribution in [0.4, 0.5) is 24.8 Å². The van der Waals surface area contributed by atoms with E-state index >= 15 is 0 Å². The smallest absolute Gasteiger partial charge is 0.324 e. The Balaban J connectivity index is 1.80. The topological polar surface area (TPSA) is 95.6 Å². The number of anilines is 2. The van der Waals surface area contributed by atoms with Crippen molar-refractivity contribution in [3.63, 3.8) is 0 Å². The molecule has 0 radical (unpaired) electrons. The average molecular weight is 414 g/mol. The highest BCUT2D eigenvalue weighted by atomic mass is 19.4. The van der Waals surface area contributed by atoms with Crippen LogP contribution < -0.4 is 16.2 Å². The Bertz CT molecular complexity index is 1230. The summed E-state index contributed by atoms with van der Waals surface area (Å²) in [6, 6.07) is 6.44. The summed E-state index contributed by atoms with van der Waals surface area (Å²) in [5.74, 6) is 0.0589. The maximum absolute atomic E-state index is 13.4. The van der Waals surface area contributed by atoms with Crippen molar-refractivity contribution in [2.75, 3.05) is 11.9 Å². The van der Waals surface area contributed by atoms with Crippen molar-refractivity contribution < 1.29 is 13.2 Å². The Labute approximate surface area is 169 Å². The van der Waals surface area contributed by atoms with Gasteiger partial charge in [0.2, 0.25) is 5.95 Å². The third-order valence-corrected chi connectivity index (χ3v) is 5.10. The van der Waals surface area contributed by atoms with Gasteiger partial charge >= 0.3 is 6.18 Å². The van der Waals surface area contributed by atoms with Crippen LogP contribution in [0.15, 0.2) is 35.3 Å². The van der Waals surface area contributed by atoms with Gasteiger partial charge in [0.05, 0.1) is 0 Å². The van der Waals surface area contributed by atoms with E-state index in [1.54, 1.807) is 6.07 Å². The zero-order chi connectivity index (χ0) is 21.5. The Morgan fingerprint density at radius 3 is 2.83 bits per heavy atom. The maximum Gasteiger partial charge on any atom is 0.409 e. The van der Waals surface area contributed by atoms with E-state index in [0.29, 0.717) is 10.3 Å². The molecule has 0 spiro atoms. The Kier molecular flexibility index (Phi) is 4.91. The van der Waals surface area contributed by atoms with Crippen LogP contribution in [0.25, 0.3) is 11.0 Å². The molecule has 0 saturated heterocycles. The molecule has 0 amide bonds. The van der Waals surface area contributed by atoms with E-state index in [1.807, 2.05) is 18.2 Å². The summed E-state index contributed by atoms with van der Waals surface area (Å²) in [6.07, 6.45) is -2.52. The van der Waals surface area contributed by atoms with Gasteiger partial charge in [0.15, 0.2) is 0 Å². The number of benzene rings is 1. The first-order chi connectivity index (χ1) is 14.3. The molecule has 3 aromatic rings. The van der Waals surface area contributed by atoms with Gasteiger partial charge in [-0.2, -0.15) is 23.4 Å². The van der Waals surface area contributed by atoms with Crippen molar-refractivity contribution in [3.05, 3.63) is 57.5 Å². The van der Waals surface area contributed by atoms with Crippen molar-refractivity contribution in [1.29, 1.82) is 5.26 Å². The normalized spacial score (nSPS) is 14.8. The van der Waals surface area contributed by atoms with Gasteiger partial charge < -0.3 is 10.6 Å². The molecular weight excluding hydrogens is 397 g/mol. The maximum atomic E-state index is 13.4. The molecule has 0 aliphatic carbocycles. The van der Waals surface area contributed by atoms with Gasteiger partial charge in [-0.05, 0) is 49.2 Å². The van der Waals surface area contributed by atoms with Crippen molar-refractivity contribution in [2.45, 2.75) is 32.1 Å². The lowest BCUT2D eigenvalue weighted by atomic mass is 10.0. The van der Waals surface area contributed by atoms with E-state index in [4.69, 9.17) is 5.26 Å². The molecule has 2 aromatic heterocycles. The van der Waals surface area contributed by atoms with E-state index in [-0.39, 0.29) is 17.0 Å². The quantitative estimate of drug-likeness (QED) is 0.684. The number of hydrogen-bond donors (Lipinski definition) is 2. The molecule has 0 bridgehead atoms. The second-order valence-corrected chi connectivity index (χ2v) is 7.07. The van der Waals surface area contributed by atoms with Gasteiger partial charge in [-0.25, -0.2) is 4.98 Å². The summed E-state index contributed by atoms with van der Waals surface area (Å²) in [6.45, 7) is 2.51. The van der Waals surface area contributed by atoms with Gasteiger partial charge in [0.25, 0.3) is 5.56 Å². The number of hydrogen-bond acceptors (Lipinski definition) is 6. The first-order valence-electron chi connectivity index (χ1n) is 9.26. The number of aromatic nitrogens is 3. The van der Waals surface area contributed by atoms with Crippen molar-refractivity contribution in [1.82, 2.24) is 19.9 Å². The van der Waals surface area contributed by atoms with Crippen molar-refractivity contribution in [3.8, 4) is 6.07 Å². The fourth-order valence-corrected chi connectivity index (χ4v) is 3.45. The minimum atomic E-state index is -4.68. The average Bonchev–Trinajstić information content (AvgIpc) is 2.72. The second-order valence-electron chi connectivity index (χ2n) is 7.07. The lowest BCUT2D eigenvalue weighted by molar-refractivity contribution is -0.162. The fourth-order valence-electron chi connectivity index (χ4n) is 3.45. The SMILES string of the molecule is CC(n1c(=O)c(C#N)cc2cnc(Nc3ccc4c(c3)CCNC4)nc21)C(F)(F)F. The lowest BCUT2D eigenvalue weighted by Crippen LogP contribution is -2.34. The van der Waals surface area contributed by atoms with Gasteiger partial charge in [0, 0.05) is 23.8 Å². The zero-order valence-electron chi connectivity index (χ0n) is 15.9. The Hall–Kier alpha value is -3.45. The van der Waals surface area contributed by atoms with Crippen LogP contribution in [0.1, 0.15) is 29.7 Å². The molecule has 1 aliphatic heterocycles. The van der Waals surface area contributed by atoms with Crippen LogP contribution in [-0.4, -0.2) is 27.3 Å². The molecule has 0 fully saturated rings. The number of pyridine rings is 1. The first kappa shape index (κ1) is 19.8. The van der Waals surface area contributed by atoms with Crippen LogP contribution in [0.5, 0.6) is 0 Å². The highest BCUT2D eigenvalue weighted by molar-refractivity contribution is 5.77. The van der Waals surface area contributed by atoms with Crippen LogP contribution >= 0.6 is 0 Å². The van der Waals surface area contributed by atoms with E-state index in [1.165, 1.54) is 23.4 Å². The van der Waals surface area contributed by atoms with E-state index in [9.17, 15) is 18.0 Å². The predicted molar refractivity (Wildman–Crippen MR) is 104 cm³/mol. The van der Waals surface area contributed by atoms with Crippen molar-refractivity contribution >= 4 is 22.7 Å². The molecule has 154 valence electrons. The number of nitriles is 1. The number of fused-ring (bicyclic) bond motifs is 2. The van der Waals surface area contributed by atoms with Crippen LogP contribution in [0, 0.1) is 11.3 Å². The number of nitrogens with one attached hydrogen (secondary N) is 2. The van der Waals surface area contributed by atoms with E-state index in [2.05, 4.69) is 20.6 Å². The highest BCUT2D eigenvalue weighted by Gasteiger charge is 2.39. The number of alkyl halides is 3. The standard InChI is InChI=1S/C20H17F3N6O/c1-11(20(21,22)23)29-17-15(6-14(8-24)18(29)30)10-26-19(28-17)27-16-3-2-13-9-25-5-4-12(13)7-16/h2-3,6-7,10-11,25H,4-5,9H2,1H3,(H,26,27,28). The second kappa shape index (κ2) is 7.42. The minimum Gasteiger partial charge on any atom is -0.324 e. The summed E-state index contributed by atoms with van der Waals surface area (Å²) < 4.78 is 40.6. The summed E-state index contributed by atoms with van der Waals surface area (Å²) in [5, 5.41) is 15.6. The third kappa shape index (κ3) is 3.59. The molecule has 1 aromatic carbocycles. The van der Waals surface area contributed by atoms with Gasteiger partial charge in [-0.15, -0.1) is 0 Å². The van der Waals surface area contributed by atoms with Gasteiger partial charge in [0.1, 0.15) is 23.3 Å². The molecule has 7 nitrogen and oxygen atoms in total. The van der Waals surface area contributed by atoms with E-state index < -0.39 is 23.3 Å². The molecule has 1 atom stereocenters. The first-order valence-corrected chi connectivity index (χ1v) is 9.26. The van der Waals surface area contributed by atoms with Crippen LogP contribution in [0.2, 0.25) is 0 Å². The highest BCUT2D eigenvalue weighted by Crippen LogP contribution is 2.31. The molecule has 1 aliphatic rings. The summed E-state index contributed by atoms with van der Waals surface area (Å²) in [5.41, 5.74) is 1.42. The Morgan fingerprint density at radius 2 is 2.10 bits per heavy atom. The molecular formula is C20H17F3N6O. The number of rotatable bonds is 3. The molecule has 2 N–H and O–H groups in total. The van der Waals surface area contributed by atoms with Crippen LogP contribution in [-0.2, 0) is 13.0 Å². The molecule has 4 rings (SSSR count). The summed E-state index contributed by atoms with van der Waals surface area (Å²) in [7, 11) is 0. The summed E-state index contributed by atoms with van der Waals surface area (Å²) >= 11 is 0. The van der Waals surface area contributed by atoms with Gasteiger partial charge in [-0.3, -0.25) is 9.36 Å². The molecule has 30 heavy (non-hydrogen) atoms. The van der Waals surface area contributed by atoms with Gasteiger partial charge in [-0.1, -0.05) is 6.07 Å². The lowest BCUT2D eigenvalue weighted by Gasteiger charge is -2.20. The zero-order valence-corrected chi connectivity index (χ0v) is 15.9. The Morgan fingerprint density at radius 1 is 1.30 bits per heavy atom. The third-order valence-electron chi connectivity index (χ3n) is 5.10. The minimum absolute atomic E-state index is 0.0589. The number of halogens is 3. The molecule has 1 unspecified atom stereocenters. The van der Waals surface area contributed by atoms with Crippen LogP contribution in [0.3, 0.4) is 0 Å². The predicted octanol–water partition coefficient (Wildman–Crippen LogP) is 3.18.